The average molecular weight is 274 g/mol. The summed E-state index contributed by atoms with van der Waals surface area (Å²) in [6, 6.07) is 1.65. The van der Waals surface area contributed by atoms with Crippen molar-refractivity contribution in [1.29, 1.82) is 0 Å². The molecule has 1 aromatic heterocycles. The predicted molar refractivity (Wildman–Crippen MR) is 57.7 cm³/mol. The first-order valence-electron chi connectivity index (χ1n) is 4.73. The van der Waals surface area contributed by atoms with Crippen molar-refractivity contribution in [3.05, 3.63) is 22.6 Å². The molecule has 1 aliphatic heterocycles. The van der Waals surface area contributed by atoms with Crippen LogP contribution in [0.3, 0.4) is 0 Å². The second kappa shape index (κ2) is 3.98. The Morgan fingerprint density at radius 3 is 3.00 bits per heavy atom. The van der Waals surface area contributed by atoms with Crippen molar-refractivity contribution in [3.63, 3.8) is 0 Å². The minimum Gasteiger partial charge on any atom is -0.457 e. The van der Waals surface area contributed by atoms with Crippen LogP contribution >= 0.6 is 15.9 Å². The van der Waals surface area contributed by atoms with Gasteiger partial charge in [-0.15, -0.1) is 0 Å². The number of furan rings is 1. The molecule has 0 bridgehead atoms. The van der Waals surface area contributed by atoms with Crippen LogP contribution in [0.4, 0.5) is 0 Å². The van der Waals surface area contributed by atoms with E-state index in [1.54, 1.807) is 6.07 Å². The summed E-state index contributed by atoms with van der Waals surface area (Å²) in [6.07, 6.45) is 2.27. The van der Waals surface area contributed by atoms with E-state index in [4.69, 9.17) is 9.15 Å². The fraction of sp³-hybridized carbons (Fsp3) is 0.500. The standard InChI is InChI=1S/C10H12BrNO3/c1-10(2-3-14-6-10)12-9(13)7-4-8(11)15-5-7/h4-5H,2-3,6H2,1H3,(H,12,13). The summed E-state index contributed by atoms with van der Waals surface area (Å²) in [6.45, 7) is 3.25. The summed E-state index contributed by atoms with van der Waals surface area (Å²) in [5.41, 5.74) is 0.274. The van der Waals surface area contributed by atoms with Crippen molar-refractivity contribution in [3.8, 4) is 0 Å². The molecule has 1 atom stereocenters. The maximum Gasteiger partial charge on any atom is 0.255 e. The Hall–Kier alpha value is -0.810. The van der Waals surface area contributed by atoms with Crippen molar-refractivity contribution in [2.45, 2.75) is 18.9 Å². The maximum atomic E-state index is 11.8. The summed E-state index contributed by atoms with van der Waals surface area (Å²) in [5, 5.41) is 2.94. The first-order valence-corrected chi connectivity index (χ1v) is 5.53. The van der Waals surface area contributed by atoms with Crippen LogP contribution in [-0.4, -0.2) is 24.7 Å². The van der Waals surface area contributed by atoms with Gasteiger partial charge >= 0.3 is 0 Å². The molecule has 1 amide bonds. The molecule has 0 saturated carbocycles. The molecule has 0 aliphatic carbocycles. The number of rotatable bonds is 2. The van der Waals surface area contributed by atoms with Crippen LogP contribution in [0.2, 0.25) is 0 Å². The van der Waals surface area contributed by atoms with Crippen molar-refractivity contribution < 1.29 is 13.9 Å². The smallest absolute Gasteiger partial charge is 0.255 e. The van der Waals surface area contributed by atoms with E-state index in [2.05, 4.69) is 21.2 Å². The number of amides is 1. The number of carbonyl (C=O) groups is 1. The Labute approximate surface area is 96.1 Å². The van der Waals surface area contributed by atoms with E-state index < -0.39 is 0 Å². The zero-order chi connectivity index (χ0) is 10.9. The number of ether oxygens (including phenoxy) is 1. The first kappa shape index (κ1) is 10.7. The molecule has 5 heteroatoms. The second-order valence-corrected chi connectivity index (χ2v) is 4.74. The van der Waals surface area contributed by atoms with E-state index in [0.717, 1.165) is 6.42 Å². The molecule has 82 valence electrons. The molecule has 2 heterocycles. The summed E-state index contributed by atoms with van der Waals surface area (Å²) >= 11 is 3.16. The van der Waals surface area contributed by atoms with Crippen LogP contribution in [0.25, 0.3) is 0 Å². The fourth-order valence-electron chi connectivity index (χ4n) is 1.54. The van der Waals surface area contributed by atoms with E-state index in [9.17, 15) is 4.79 Å². The molecule has 1 fully saturated rings. The van der Waals surface area contributed by atoms with E-state index in [1.165, 1.54) is 6.26 Å². The van der Waals surface area contributed by atoms with Gasteiger partial charge in [0.1, 0.15) is 6.26 Å². The van der Waals surface area contributed by atoms with Gasteiger partial charge in [0.25, 0.3) is 5.91 Å². The van der Waals surface area contributed by atoms with Gasteiger partial charge in [-0.1, -0.05) is 0 Å². The van der Waals surface area contributed by atoms with Gasteiger partial charge in [-0.3, -0.25) is 4.79 Å². The molecule has 0 radical (unpaired) electrons. The largest absolute Gasteiger partial charge is 0.457 e. The van der Waals surface area contributed by atoms with Crippen molar-refractivity contribution in [2.75, 3.05) is 13.2 Å². The van der Waals surface area contributed by atoms with Crippen molar-refractivity contribution in [2.24, 2.45) is 0 Å². The third-order valence-electron chi connectivity index (χ3n) is 2.46. The highest BCUT2D eigenvalue weighted by Crippen LogP contribution is 2.19. The monoisotopic (exact) mass is 273 g/mol. The van der Waals surface area contributed by atoms with E-state index in [1.807, 2.05) is 6.92 Å². The highest BCUT2D eigenvalue weighted by Gasteiger charge is 2.31. The average Bonchev–Trinajstić information content (AvgIpc) is 2.75. The van der Waals surface area contributed by atoms with Gasteiger partial charge in [-0.05, 0) is 29.3 Å². The van der Waals surface area contributed by atoms with Gasteiger partial charge in [0.2, 0.25) is 0 Å². The molecule has 0 spiro atoms. The lowest BCUT2D eigenvalue weighted by Gasteiger charge is -2.22. The van der Waals surface area contributed by atoms with Crippen LogP contribution < -0.4 is 5.32 Å². The second-order valence-electron chi connectivity index (χ2n) is 3.96. The predicted octanol–water partition coefficient (Wildman–Crippen LogP) is 1.95. The number of hydrogen-bond acceptors (Lipinski definition) is 3. The lowest BCUT2D eigenvalue weighted by molar-refractivity contribution is 0.0889. The maximum absolute atomic E-state index is 11.8. The third kappa shape index (κ3) is 2.41. The Morgan fingerprint density at radius 2 is 2.47 bits per heavy atom. The quantitative estimate of drug-likeness (QED) is 0.896. The SMILES string of the molecule is CC1(NC(=O)c2coc(Br)c2)CCOC1. The van der Waals surface area contributed by atoms with Gasteiger partial charge in [0.05, 0.1) is 17.7 Å². The van der Waals surface area contributed by atoms with Crippen molar-refractivity contribution >= 4 is 21.8 Å². The van der Waals surface area contributed by atoms with Crippen LogP contribution in [-0.2, 0) is 4.74 Å². The summed E-state index contributed by atoms with van der Waals surface area (Å²) in [4.78, 5) is 11.8. The van der Waals surface area contributed by atoms with Crippen LogP contribution in [0, 0.1) is 0 Å². The van der Waals surface area contributed by atoms with Crippen LogP contribution in [0.15, 0.2) is 21.4 Å². The van der Waals surface area contributed by atoms with E-state index in [0.29, 0.717) is 23.4 Å². The molecule has 1 N–H and O–H groups in total. The third-order valence-corrected chi connectivity index (χ3v) is 2.88. The molecule has 1 unspecified atom stereocenters. The molecule has 15 heavy (non-hydrogen) atoms. The molecule has 0 aromatic carbocycles. The zero-order valence-corrected chi connectivity index (χ0v) is 9.96. The highest BCUT2D eigenvalue weighted by atomic mass is 79.9. The Morgan fingerprint density at radius 1 is 1.67 bits per heavy atom. The van der Waals surface area contributed by atoms with E-state index in [-0.39, 0.29) is 11.4 Å². The van der Waals surface area contributed by atoms with Gasteiger partial charge in [-0.2, -0.15) is 0 Å². The highest BCUT2D eigenvalue weighted by molar-refractivity contribution is 9.10. The summed E-state index contributed by atoms with van der Waals surface area (Å²) in [5.74, 6) is -0.127. The van der Waals surface area contributed by atoms with Gasteiger partial charge in [0.15, 0.2) is 4.67 Å². The minimum absolute atomic E-state index is 0.127. The number of carbonyl (C=O) groups excluding carboxylic acids is 1. The molecular formula is C10H12BrNO3. The lowest BCUT2D eigenvalue weighted by atomic mass is 10.0. The molecule has 4 nitrogen and oxygen atoms in total. The van der Waals surface area contributed by atoms with Crippen LogP contribution in [0.5, 0.6) is 0 Å². The minimum atomic E-state index is -0.249. The molecular weight excluding hydrogens is 262 g/mol. The van der Waals surface area contributed by atoms with Crippen molar-refractivity contribution in [1.82, 2.24) is 5.32 Å². The number of hydrogen-bond donors (Lipinski definition) is 1. The molecule has 1 aromatic rings. The fourth-order valence-corrected chi connectivity index (χ4v) is 1.88. The molecule has 1 aliphatic rings. The summed E-state index contributed by atoms with van der Waals surface area (Å²) in [7, 11) is 0. The zero-order valence-electron chi connectivity index (χ0n) is 8.38. The number of nitrogens with one attached hydrogen (secondary N) is 1. The molecule has 2 rings (SSSR count). The Bertz CT molecular complexity index is 368. The van der Waals surface area contributed by atoms with E-state index >= 15 is 0 Å². The van der Waals surface area contributed by atoms with Gasteiger partial charge in [-0.25, -0.2) is 0 Å². The normalized spacial score (nSPS) is 25.5. The van der Waals surface area contributed by atoms with Crippen LogP contribution in [0.1, 0.15) is 23.7 Å². The lowest BCUT2D eigenvalue weighted by Crippen LogP contribution is -2.46. The molecule has 1 saturated heterocycles. The Kier molecular flexibility index (Phi) is 2.84. The number of halogens is 1. The topological polar surface area (TPSA) is 51.5 Å². The first-order chi connectivity index (χ1) is 7.09. The van der Waals surface area contributed by atoms with Gasteiger partial charge in [0, 0.05) is 12.7 Å². The Balaban J connectivity index is 2.03. The van der Waals surface area contributed by atoms with Gasteiger partial charge < -0.3 is 14.5 Å². The summed E-state index contributed by atoms with van der Waals surface area (Å²) < 4.78 is 10.8.